The number of benzene rings is 3. The summed E-state index contributed by atoms with van der Waals surface area (Å²) in [4.78, 5) is 55.6. The molecule has 0 unspecified atom stereocenters. The molecule has 1 saturated carbocycles. The number of phenolic OH excluding ortho intramolecular Hbond substituents is 1. The lowest BCUT2D eigenvalue weighted by Gasteiger charge is -2.50. The van der Waals surface area contributed by atoms with Crippen molar-refractivity contribution < 1.29 is 24.3 Å². The number of carbonyl (C=O) groups is 4. The largest absolute Gasteiger partial charge is 0.507 e. The van der Waals surface area contributed by atoms with Crippen LogP contribution < -0.4 is 10.7 Å². The fourth-order valence-corrected chi connectivity index (χ4v) is 8.17. The molecule has 2 saturated heterocycles. The molecule has 6 atom stereocenters. The summed E-state index contributed by atoms with van der Waals surface area (Å²) < 4.78 is 0. The predicted octanol–water partition coefficient (Wildman–Crippen LogP) is 4.70. The van der Waals surface area contributed by atoms with E-state index in [4.69, 9.17) is 0 Å². The molecule has 222 valence electrons. The van der Waals surface area contributed by atoms with Crippen LogP contribution in [0.25, 0.3) is 0 Å². The van der Waals surface area contributed by atoms with E-state index < -0.39 is 46.8 Å². The minimum absolute atomic E-state index is 0.0345. The first-order valence-electron chi connectivity index (χ1n) is 15.0. The van der Waals surface area contributed by atoms with Gasteiger partial charge >= 0.3 is 0 Å². The number of para-hydroxylation sites is 1. The number of amides is 4. The maximum atomic E-state index is 15.1. The lowest BCUT2D eigenvalue weighted by atomic mass is 9.49. The molecule has 2 aliphatic heterocycles. The van der Waals surface area contributed by atoms with Crippen LogP contribution in [-0.2, 0) is 31.0 Å². The van der Waals surface area contributed by atoms with Gasteiger partial charge in [-0.25, -0.2) is 0 Å². The Balaban J connectivity index is 1.49. The molecule has 0 radical (unpaired) electrons. The van der Waals surface area contributed by atoms with Gasteiger partial charge in [-0.15, -0.1) is 6.58 Å². The van der Waals surface area contributed by atoms with Crippen molar-refractivity contribution in [2.24, 2.45) is 23.7 Å². The normalized spacial score (nSPS) is 29.0. The van der Waals surface area contributed by atoms with Crippen molar-refractivity contribution in [1.29, 1.82) is 0 Å². The SMILES string of the molecule is C=CCc1cccc([C@H]2C3=CC[C@@H]4C(=O)NC(=O)[C@@H]4[C@@H]3C[C@H]3C(=O)N(Nc4ccc(C)cc4)C(=O)[C@@]23c2ccccc2)c1O. The number of aromatic hydroxyl groups is 1. The van der Waals surface area contributed by atoms with E-state index in [0.29, 0.717) is 35.2 Å². The Bertz CT molecular complexity index is 1750. The smallest absolute Gasteiger partial charge is 0.260 e. The molecule has 7 rings (SSSR count). The van der Waals surface area contributed by atoms with Gasteiger partial charge in [0.25, 0.3) is 11.8 Å². The summed E-state index contributed by atoms with van der Waals surface area (Å²) in [6, 6.07) is 22.2. The van der Waals surface area contributed by atoms with Gasteiger partial charge in [0.1, 0.15) is 5.75 Å². The molecule has 2 heterocycles. The zero-order valence-corrected chi connectivity index (χ0v) is 24.3. The topological polar surface area (TPSA) is 116 Å². The molecule has 8 nitrogen and oxygen atoms in total. The lowest BCUT2D eigenvalue weighted by Crippen LogP contribution is -2.53. The van der Waals surface area contributed by atoms with E-state index in [1.54, 1.807) is 12.1 Å². The Labute approximate surface area is 255 Å². The van der Waals surface area contributed by atoms with E-state index in [1.807, 2.05) is 79.7 Å². The van der Waals surface area contributed by atoms with Gasteiger partial charge in [-0.05, 0) is 55.4 Å². The zero-order chi connectivity index (χ0) is 30.7. The van der Waals surface area contributed by atoms with Crippen LogP contribution in [0, 0.1) is 30.6 Å². The van der Waals surface area contributed by atoms with E-state index in [9.17, 15) is 19.5 Å². The summed E-state index contributed by atoms with van der Waals surface area (Å²) in [7, 11) is 0. The van der Waals surface area contributed by atoms with Crippen LogP contribution in [0.15, 0.2) is 97.1 Å². The number of anilines is 1. The average molecular weight is 588 g/mol. The standard InChI is InChI=1S/C36H33N3O5/c1-3-8-21-9-7-12-26(31(21)40)30-24-17-18-25-29(33(42)37-32(25)41)27(24)19-28-34(43)39(38-23-15-13-20(2)14-16-23)35(44)36(28,30)22-10-5-4-6-11-22/h3-7,9-17,25,27-30,38,40H,1,8,18-19H2,2H3,(H,37,41,42)/t25-,27+,28-,29-,30+,36+/m0/s1. The molecule has 3 fully saturated rings. The molecule has 0 spiro atoms. The molecule has 0 aromatic heterocycles. The maximum Gasteiger partial charge on any atom is 0.260 e. The molecule has 4 amide bonds. The van der Waals surface area contributed by atoms with E-state index in [2.05, 4.69) is 17.3 Å². The highest BCUT2D eigenvalue weighted by Crippen LogP contribution is 2.64. The van der Waals surface area contributed by atoms with Gasteiger partial charge in [0.05, 0.1) is 28.9 Å². The number of rotatable bonds is 6. The third kappa shape index (κ3) is 3.90. The number of hydrogen-bond acceptors (Lipinski definition) is 6. The molecule has 44 heavy (non-hydrogen) atoms. The molecule has 0 bridgehead atoms. The zero-order valence-electron chi connectivity index (χ0n) is 24.3. The number of imide groups is 2. The highest BCUT2D eigenvalue weighted by molar-refractivity contribution is 6.13. The third-order valence-corrected chi connectivity index (χ3v) is 10.1. The van der Waals surface area contributed by atoms with Crippen molar-refractivity contribution in [1.82, 2.24) is 10.3 Å². The Morgan fingerprint density at radius 2 is 1.73 bits per heavy atom. The van der Waals surface area contributed by atoms with Gasteiger partial charge in [0.15, 0.2) is 0 Å². The number of fused-ring (bicyclic) bond motifs is 4. The first-order chi connectivity index (χ1) is 21.3. The average Bonchev–Trinajstić information content (AvgIpc) is 3.44. The van der Waals surface area contributed by atoms with E-state index in [1.165, 1.54) is 0 Å². The van der Waals surface area contributed by atoms with E-state index in [-0.39, 0.29) is 24.0 Å². The Morgan fingerprint density at radius 3 is 2.45 bits per heavy atom. The Hall–Kier alpha value is -4.98. The second-order valence-corrected chi connectivity index (χ2v) is 12.3. The summed E-state index contributed by atoms with van der Waals surface area (Å²) in [5.41, 5.74) is 5.91. The van der Waals surface area contributed by atoms with Crippen LogP contribution in [0.1, 0.15) is 41.0 Å². The summed E-state index contributed by atoms with van der Waals surface area (Å²) >= 11 is 0. The molecule has 3 N–H and O–H groups in total. The maximum absolute atomic E-state index is 15.1. The van der Waals surface area contributed by atoms with Gasteiger partial charge in [-0.2, -0.15) is 5.01 Å². The highest BCUT2D eigenvalue weighted by Gasteiger charge is 2.70. The van der Waals surface area contributed by atoms with Gasteiger partial charge in [0, 0.05) is 11.5 Å². The fraction of sp³-hybridized carbons (Fsp3) is 0.278. The van der Waals surface area contributed by atoms with E-state index in [0.717, 1.165) is 16.1 Å². The molecule has 3 aromatic carbocycles. The molecule has 2 aliphatic carbocycles. The highest BCUT2D eigenvalue weighted by atomic mass is 16.3. The van der Waals surface area contributed by atoms with E-state index >= 15 is 4.79 Å². The van der Waals surface area contributed by atoms with Crippen LogP contribution in [-0.4, -0.2) is 33.7 Å². The number of nitrogens with one attached hydrogen (secondary N) is 2. The summed E-state index contributed by atoms with van der Waals surface area (Å²) in [6.45, 7) is 5.79. The summed E-state index contributed by atoms with van der Waals surface area (Å²) in [6.07, 6.45) is 4.63. The predicted molar refractivity (Wildman–Crippen MR) is 164 cm³/mol. The number of hydrogen-bond donors (Lipinski definition) is 3. The van der Waals surface area contributed by atoms with Crippen LogP contribution in [0.2, 0.25) is 0 Å². The van der Waals surface area contributed by atoms with Crippen molar-refractivity contribution in [2.45, 2.75) is 37.5 Å². The van der Waals surface area contributed by atoms with Crippen LogP contribution in [0.5, 0.6) is 5.75 Å². The quantitative estimate of drug-likeness (QED) is 0.285. The van der Waals surface area contributed by atoms with Crippen molar-refractivity contribution in [3.8, 4) is 5.75 Å². The number of hydrazine groups is 1. The van der Waals surface area contributed by atoms with Crippen molar-refractivity contribution in [3.05, 3.63) is 119 Å². The summed E-state index contributed by atoms with van der Waals surface area (Å²) in [5, 5.41) is 15.4. The Kier molecular flexibility index (Phi) is 6.53. The monoisotopic (exact) mass is 587 g/mol. The lowest BCUT2D eigenvalue weighted by molar-refractivity contribution is -0.138. The van der Waals surface area contributed by atoms with Gasteiger partial charge in [-0.1, -0.05) is 84.0 Å². The minimum Gasteiger partial charge on any atom is -0.507 e. The first kappa shape index (κ1) is 27.8. The van der Waals surface area contributed by atoms with Crippen molar-refractivity contribution >= 4 is 29.3 Å². The van der Waals surface area contributed by atoms with Crippen LogP contribution in [0.3, 0.4) is 0 Å². The van der Waals surface area contributed by atoms with Gasteiger partial charge < -0.3 is 5.11 Å². The molecular formula is C36H33N3O5. The van der Waals surface area contributed by atoms with Crippen molar-refractivity contribution in [2.75, 3.05) is 5.43 Å². The summed E-state index contributed by atoms with van der Waals surface area (Å²) in [5.74, 6) is -4.75. The van der Waals surface area contributed by atoms with Crippen LogP contribution in [0.4, 0.5) is 5.69 Å². The minimum atomic E-state index is -1.42. The number of nitrogens with zero attached hydrogens (tertiary/aromatic N) is 1. The number of carbonyl (C=O) groups excluding carboxylic acids is 4. The number of aryl methyl sites for hydroxylation is 1. The molecule has 4 aliphatic rings. The van der Waals surface area contributed by atoms with Gasteiger partial charge in [-0.3, -0.25) is 29.9 Å². The number of phenols is 1. The van der Waals surface area contributed by atoms with Crippen molar-refractivity contribution in [3.63, 3.8) is 0 Å². The van der Waals surface area contributed by atoms with Crippen LogP contribution >= 0.6 is 0 Å². The molecule has 3 aromatic rings. The van der Waals surface area contributed by atoms with Gasteiger partial charge in [0.2, 0.25) is 11.8 Å². The molecule has 8 heteroatoms. The Morgan fingerprint density at radius 1 is 0.977 bits per heavy atom. The fourth-order valence-electron chi connectivity index (χ4n) is 8.17. The third-order valence-electron chi connectivity index (χ3n) is 10.1. The second kappa shape index (κ2) is 10.3. The number of allylic oxidation sites excluding steroid dienone is 3. The first-order valence-corrected chi connectivity index (χ1v) is 15.0. The second-order valence-electron chi connectivity index (χ2n) is 12.3. The molecular weight excluding hydrogens is 554 g/mol.